The van der Waals surface area contributed by atoms with Crippen LogP contribution in [0.5, 0.6) is 0 Å². The summed E-state index contributed by atoms with van der Waals surface area (Å²) in [4.78, 5) is 20.6. The van der Waals surface area contributed by atoms with E-state index in [0.717, 1.165) is 0 Å². The molecule has 0 saturated carbocycles. The third-order valence-electron chi connectivity index (χ3n) is 3.03. The van der Waals surface area contributed by atoms with E-state index in [1.165, 1.54) is 0 Å². The predicted molar refractivity (Wildman–Crippen MR) is 67.1 cm³/mol. The number of sulfone groups is 1. The van der Waals surface area contributed by atoms with Gasteiger partial charge in [-0.05, 0) is 12.5 Å². The fraction of sp³-hybridized carbons (Fsp3) is 0.545. The molecule has 2 rings (SSSR count). The van der Waals surface area contributed by atoms with E-state index < -0.39 is 15.8 Å². The monoisotopic (exact) mass is 285 g/mol. The number of hydrogen-bond acceptors (Lipinski definition) is 6. The second-order valence-corrected chi connectivity index (χ2v) is 6.75. The molecule has 1 aliphatic heterocycles. The van der Waals surface area contributed by atoms with Gasteiger partial charge in [-0.25, -0.2) is 18.4 Å². The average molecular weight is 285 g/mol. The van der Waals surface area contributed by atoms with Crippen LogP contribution >= 0.6 is 0 Å². The Bertz CT molecular complexity index is 546. The second-order valence-electron chi connectivity index (χ2n) is 4.52. The van der Waals surface area contributed by atoms with Crippen LogP contribution in [0.1, 0.15) is 12.2 Å². The van der Waals surface area contributed by atoms with Crippen molar-refractivity contribution in [1.29, 1.82) is 0 Å². The summed E-state index contributed by atoms with van der Waals surface area (Å²) < 4.78 is 23.0. The number of carboxylic acid groups (broad SMARTS) is 1. The minimum absolute atomic E-state index is 0.00706. The molecule has 2 heterocycles. The maximum Gasteiger partial charge on any atom is 0.317 e. The van der Waals surface area contributed by atoms with Gasteiger partial charge in [-0.1, -0.05) is 0 Å². The smallest absolute Gasteiger partial charge is 0.317 e. The number of rotatable bonds is 5. The van der Waals surface area contributed by atoms with Gasteiger partial charge in [0.15, 0.2) is 9.84 Å². The zero-order chi connectivity index (χ0) is 13.9. The van der Waals surface area contributed by atoms with E-state index in [0.29, 0.717) is 12.2 Å². The Morgan fingerprint density at radius 2 is 2.11 bits per heavy atom. The number of carboxylic acids is 1. The van der Waals surface area contributed by atoms with Crippen molar-refractivity contribution >= 4 is 15.8 Å². The normalized spacial score (nSPS) is 21.6. The third-order valence-corrected chi connectivity index (χ3v) is 4.78. The summed E-state index contributed by atoms with van der Waals surface area (Å²) in [5, 5.41) is 8.92. The van der Waals surface area contributed by atoms with E-state index in [-0.39, 0.29) is 30.6 Å². The Morgan fingerprint density at radius 3 is 2.63 bits per heavy atom. The SMILES string of the molecule is O=C(O)CN(Cc1ncccn1)C1CCS(=O)(=O)C1. The zero-order valence-electron chi connectivity index (χ0n) is 10.3. The maximum atomic E-state index is 11.5. The Hall–Kier alpha value is -1.54. The molecule has 1 aliphatic rings. The van der Waals surface area contributed by atoms with Gasteiger partial charge in [0.25, 0.3) is 0 Å². The minimum Gasteiger partial charge on any atom is -0.480 e. The summed E-state index contributed by atoms with van der Waals surface area (Å²) in [6, 6.07) is 1.40. The summed E-state index contributed by atoms with van der Waals surface area (Å²) in [5.41, 5.74) is 0. The summed E-state index contributed by atoms with van der Waals surface area (Å²) in [7, 11) is -3.04. The first kappa shape index (κ1) is 13.9. The highest BCUT2D eigenvalue weighted by molar-refractivity contribution is 7.91. The van der Waals surface area contributed by atoms with Gasteiger partial charge in [-0.3, -0.25) is 9.69 Å². The molecule has 0 radical (unpaired) electrons. The molecule has 104 valence electrons. The molecular formula is C11H15N3O4S. The fourth-order valence-corrected chi connectivity index (χ4v) is 3.91. The molecule has 1 atom stereocenters. The highest BCUT2D eigenvalue weighted by Gasteiger charge is 2.33. The first-order chi connectivity index (χ1) is 8.96. The van der Waals surface area contributed by atoms with Crippen LogP contribution in [0.3, 0.4) is 0 Å². The first-order valence-electron chi connectivity index (χ1n) is 5.88. The number of hydrogen-bond donors (Lipinski definition) is 1. The highest BCUT2D eigenvalue weighted by atomic mass is 32.2. The lowest BCUT2D eigenvalue weighted by molar-refractivity contribution is -0.139. The van der Waals surface area contributed by atoms with Crippen LogP contribution in [0.25, 0.3) is 0 Å². The van der Waals surface area contributed by atoms with Gasteiger partial charge >= 0.3 is 5.97 Å². The van der Waals surface area contributed by atoms with Crippen LogP contribution in [0.2, 0.25) is 0 Å². The standard InChI is InChI=1S/C11H15N3O4S/c15-11(16)7-14(6-10-12-3-1-4-13-10)9-2-5-19(17,18)8-9/h1,3-4,9H,2,5-8H2,(H,15,16). The van der Waals surface area contributed by atoms with Crippen molar-refractivity contribution in [2.45, 2.75) is 19.0 Å². The van der Waals surface area contributed by atoms with E-state index >= 15 is 0 Å². The maximum absolute atomic E-state index is 11.5. The summed E-state index contributed by atoms with van der Waals surface area (Å²) in [6.45, 7) is 0.0335. The molecule has 7 nitrogen and oxygen atoms in total. The number of nitrogens with zero attached hydrogens (tertiary/aromatic N) is 3. The van der Waals surface area contributed by atoms with Crippen molar-refractivity contribution in [2.75, 3.05) is 18.1 Å². The largest absolute Gasteiger partial charge is 0.480 e. The molecule has 1 unspecified atom stereocenters. The fourth-order valence-electron chi connectivity index (χ4n) is 2.14. The predicted octanol–water partition coefficient (Wildman–Crippen LogP) is -0.450. The number of aliphatic carboxylic acids is 1. The van der Waals surface area contributed by atoms with Crippen LogP contribution in [-0.2, 0) is 21.2 Å². The van der Waals surface area contributed by atoms with Crippen LogP contribution in [0.15, 0.2) is 18.5 Å². The van der Waals surface area contributed by atoms with Crippen molar-refractivity contribution in [3.63, 3.8) is 0 Å². The van der Waals surface area contributed by atoms with Gasteiger partial charge in [-0.15, -0.1) is 0 Å². The Kier molecular flexibility index (Phi) is 4.11. The zero-order valence-corrected chi connectivity index (χ0v) is 11.1. The van der Waals surface area contributed by atoms with Crippen LogP contribution < -0.4 is 0 Å². The molecule has 1 aromatic heterocycles. The molecule has 0 aromatic carbocycles. The minimum atomic E-state index is -3.04. The van der Waals surface area contributed by atoms with Gasteiger partial charge in [0.05, 0.1) is 24.6 Å². The summed E-state index contributed by atoms with van der Waals surface area (Å²) in [5.74, 6) is -0.371. The molecule has 1 aromatic rings. The first-order valence-corrected chi connectivity index (χ1v) is 7.70. The van der Waals surface area contributed by atoms with Crippen molar-refractivity contribution < 1.29 is 18.3 Å². The topological polar surface area (TPSA) is 100 Å². The molecule has 0 bridgehead atoms. The van der Waals surface area contributed by atoms with Gasteiger partial charge in [0, 0.05) is 18.4 Å². The molecule has 0 aliphatic carbocycles. The van der Waals surface area contributed by atoms with Crippen molar-refractivity contribution in [2.24, 2.45) is 0 Å². The van der Waals surface area contributed by atoms with Gasteiger partial charge in [-0.2, -0.15) is 0 Å². The van der Waals surface area contributed by atoms with Gasteiger partial charge < -0.3 is 5.11 Å². The van der Waals surface area contributed by atoms with Gasteiger partial charge in [0.2, 0.25) is 0 Å². The lowest BCUT2D eigenvalue weighted by atomic mass is 10.2. The third kappa shape index (κ3) is 3.97. The molecule has 1 N–H and O–H groups in total. The quantitative estimate of drug-likeness (QED) is 0.782. The Morgan fingerprint density at radius 1 is 1.42 bits per heavy atom. The molecule has 0 amide bonds. The molecule has 0 spiro atoms. The molecule has 8 heteroatoms. The van der Waals surface area contributed by atoms with Crippen LogP contribution in [-0.4, -0.2) is 58.5 Å². The second kappa shape index (κ2) is 5.62. The van der Waals surface area contributed by atoms with E-state index in [1.54, 1.807) is 23.4 Å². The van der Waals surface area contributed by atoms with Crippen molar-refractivity contribution in [3.8, 4) is 0 Å². The number of aromatic nitrogens is 2. The van der Waals surface area contributed by atoms with E-state index in [2.05, 4.69) is 9.97 Å². The van der Waals surface area contributed by atoms with E-state index in [9.17, 15) is 13.2 Å². The average Bonchev–Trinajstić information content (AvgIpc) is 2.70. The Balaban J connectivity index is 2.10. The van der Waals surface area contributed by atoms with Crippen LogP contribution in [0.4, 0.5) is 0 Å². The van der Waals surface area contributed by atoms with Crippen molar-refractivity contribution in [1.82, 2.24) is 14.9 Å². The summed E-state index contributed by atoms with van der Waals surface area (Å²) >= 11 is 0. The highest BCUT2D eigenvalue weighted by Crippen LogP contribution is 2.18. The molecule has 1 saturated heterocycles. The summed E-state index contributed by atoms with van der Waals surface area (Å²) in [6.07, 6.45) is 3.61. The number of carbonyl (C=O) groups is 1. The lowest BCUT2D eigenvalue weighted by Crippen LogP contribution is -2.39. The van der Waals surface area contributed by atoms with E-state index in [1.807, 2.05) is 0 Å². The van der Waals surface area contributed by atoms with Gasteiger partial charge in [0.1, 0.15) is 5.82 Å². The lowest BCUT2D eigenvalue weighted by Gasteiger charge is -2.25. The molecular weight excluding hydrogens is 270 g/mol. The van der Waals surface area contributed by atoms with E-state index in [4.69, 9.17) is 5.11 Å². The van der Waals surface area contributed by atoms with Crippen molar-refractivity contribution in [3.05, 3.63) is 24.3 Å². The Labute approximate surface area is 111 Å². The molecule has 19 heavy (non-hydrogen) atoms. The van der Waals surface area contributed by atoms with Crippen LogP contribution in [0, 0.1) is 0 Å². The molecule has 1 fully saturated rings.